The molecule has 1 saturated heterocycles. The maximum absolute atomic E-state index is 13.0. The van der Waals surface area contributed by atoms with Gasteiger partial charge in [0.05, 0.1) is 0 Å². The van der Waals surface area contributed by atoms with Crippen molar-refractivity contribution in [1.82, 2.24) is 4.90 Å². The Morgan fingerprint density at radius 3 is 2.40 bits per heavy atom. The van der Waals surface area contributed by atoms with E-state index in [-0.39, 0.29) is 0 Å². The summed E-state index contributed by atoms with van der Waals surface area (Å²) in [5.74, 6) is 2.22. The Morgan fingerprint density at radius 1 is 1.33 bits per heavy atom. The third-order valence-corrected chi connectivity index (χ3v) is 4.17. The SMILES string of the molecule is CC(C)C1C(C)C1C(O)N1CCC(F)C1. The number of hydrogen-bond donors (Lipinski definition) is 1. The van der Waals surface area contributed by atoms with E-state index in [0.717, 1.165) is 6.54 Å². The highest BCUT2D eigenvalue weighted by Crippen LogP contribution is 2.53. The van der Waals surface area contributed by atoms with Gasteiger partial charge in [-0.15, -0.1) is 0 Å². The molecule has 2 fully saturated rings. The van der Waals surface area contributed by atoms with Crippen LogP contribution in [0.5, 0.6) is 0 Å². The largest absolute Gasteiger partial charge is 0.378 e. The first kappa shape index (κ1) is 11.3. The molecule has 1 aliphatic heterocycles. The Morgan fingerprint density at radius 2 is 2.00 bits per heavy atom. The molecule has 3 heteroatoms. The minimum atomic E-state index is -0.730. The standard InChI is InChI=1S/C12H22FNO/c1-7(2)10-8(3)11(10)12(15)14-5-4-9(13)6-14/h7-12,15H,4-6H2,1-3H3. The van der Waals surface area contributed by atoms with E-state index in [0.29, 0.717) is 36.6 Å². The monoisotopic (exact) mass is 215 g/mol. The van der Waals surface area contributed by atoms with Gasteiger partial charge in [0.15, 0.2) is 0 Å². The van der Waals surface area contributed by atoms with Crippen LogP contribution in [0, 0.1) is 23.7 Å². The van der Waals surface area contributed by atoms with Gasteiger partial charge < -0.3 is 5.11 Å². The maximum Gasteiger partial charge on any atom is 0.114 e. The van der Waals surface area contributed by atoms with Crippen LogP contribution in [0.3, 0.4) is 0 Å². The fourth-order valence-corrected chi connectivity index (χ4v) is 3.27. The molecule has 1 saturated carbocycles. The summed E-state index contributed by atoms with van der Waals surface area (Å²) in [5.41, 5.74) is 0. The molecule has 0 aromatic heterocycles. The van der Waals surface area contributed by atoms with E-state index in [1.54, 1.807) is 0 Å². The summed E-state index contributed by atoms with van der Waals surface area (Å²) in [6.07, 6.45) is -0.552. The number of aliphatic hydroxyl groups is 1. The minimum Gasteiger partial charge on any atom is -0.378 e. The van der Waals surface area contributed by atoms with Gasteiger partial charge in [-0.3, -0.25) is 4.90 Å². The zero-order valence-corrected chi connectivity index (χ0v) is 9.86. The van der Waals surface area contributed by atoms with Gasteiger partial charge in [0.25, 0.3) is 0 Å². The van der Waals surface area contributed by atoms with Gasteiger partial charge in [-0.1, -0.05) is 20.8 Å². The lowest BCUT2D eigenvalue weighted by molar-refractivity contribution is -0.00896. The van der Waals surface area contributed by atoms with Crippen LogP contribution in [0.25, 0.3) is 0 Å². The van der Waals surface area contributed by atoms with Crippen LogP contribution in [-0.4, -0.2) is 35.5 Å². The van der Waals surface area contributed by atoms with Crippen LogP contribution in [0.2, 0.25) is 0 Å². The van der Waals surface area contributed by atoms with Crippen LogP contribution >= 0.6 is 0 Å². The van der Waals surface area contributed by atoms with Crippen molar-refractivity contribution in [2.24, 2.45) is 23.7 Å². The molecule has 88 valence electrons. The molecule has 1 N–H and O–H groups in total. The normalized spacial score (nSPS) is 43.6. The van der Waals surface area contributed by atoms with Crippen LogP contribution in [0.4, 0.5) is 4.39 Å². The minimum absolute atomic E-state index is 0.371. The predicted molar refractivity (Wildman–Crippen MR) is 58.1 cm³/mol. The maximum atomic E-state index is 13.0. The smallest absolute Gasteiger partial charge is 0.114 e. The highest BCUT2D eigenvalue weighted by molar-refractivity contribution is 5.00. The van der Waals surface area contributed by atoms with Crippen LogP contribution in [0.15, 0.2) is 0 Å². The predicted octanol–water partition coefficient (Wildman–Crippen LogP) is 1.89. The molecule has 15 heavy (non-hydrogen) atoms. The quantitative estimate of drug-likeness (QED) is 0.777. The van der Waals surface area contributed by atoms with E-state index in [2.05, 4.69) is 20.8 Å². The molecule has 1 heterocycles. The number of likely N-dealkylation sites (tertiary alicyclic amines) is 1. The molecule has 2 rings (SSSR count). The molecule has 5 atom stereocenters. The number of halogens is 1. The van der Waals surface area contributed by atoms with Gasteiger partial charge in [0, 0.05) is 19.0 Å². The molecule has 0 bridgehead atoms. The molecule has 2 aliphatic rings. The highest BCUT2D eigenvalue weighted by Gasteiger charge is 2.53. The second-order valence-corrected chi connectivity index (χ2v) is 5.55. The second kappa shape index (κ2) is 4.02. The summed E-state index contributed by atoms with van der Waals surface area (Å²) in [6.45, 7) is 7.75. The summed E-state index contributed by atoms with van der Waals surface area (Å²) < 4.78 is 13.0. The Bertz CT molecular complexity index is 234. The first-order valence-corrected chi connectivity index (χ1v) is 6.08. The van der Waals surface area contributed by atoms with E-state index >= 15 is 0 Å². The number of alkyl halides is 1. The van der Waals surface area contributed by atoms with Crippen molar-refractivity contribution in [3.8, 4) is 0 Å². The molecule has 2 nitrogen and oxygen atoms in total. The molecular formula is C12H22FNO. The average Bonchev–Trinajstić information content (AvgIpc) is 2.63. The molecule has 5 unspecified atom stereocenters. The lowest BCUT2D eigenvalue weighted by Crippen LogP contribution is -2.36. The topological polar surface area (TPSA) is 23.5 Å². The summed E-state index contributed by atoms with van der Waals surface area (Å²) in [4.78, 5) is 1.91. The van der Waals surface area contributed by atoms with Crippen LogP contribution in [-0.2, 0) is 0 Å². The van der Waals surface area contributed by atoms with Gasteiger partial charge in [-0.05, 0) is 24.2 Å². The van der Waals surface area contributed by atoms with Crippen LogP contribution in [0.1, 0.15) is 27.2 Å². The van der Waals surface area contributed by atoms with E-state index in [1.807, 2.05) is 4.90 Å². The van der Waals surface area contributed by atoms with Gasteiger partial charge in [-0.2, -0.15) is 0 Å². The highest BCUT2D eigenvalue weighted by atomic mass is 19.1. The molecule has 0 spiro atoms. The zero-order chi connectivity index (χ0) is 11.2. The van der Waals surface area contributed by atoms with Crippen molar-refractivity contribution >= 4 is 0 Å². The average molecular weight is 215 g/mol. The lowest BCUT2D eigenvalue weighted by Gasteiger charge is -2.23. The Kier molecular flexibility index (Phi) is 3.04. The van der Waals surface area contributed by atoms with Gasteiger partial charge >= 0.3 is 0 Å². The Hall–Kier alpha value is -0.150. The summed E-state index contributed by atoms with van der Waals surface area (Å²) in [6, 6.07) is 0. The first-order valence-electron chi connectivity index (χ1n) is 6.08. The van der Waals surface area contributed by atoms with Crippen molar-refractivity contribution in [2.75, 3.05) is 13.1 Å². The van der Waals surface area contributed by atoms with E-state index in [9.17, 15) is 9.50 Å². The molecule has 1 aliphatic carbocycles. The lowest BCUT2D eigenvalue weighted by atomic mass is 10.1. The van der Waals surface area contributed by atoms with Gasteiger partial charge in [0.2, 0.25) is 0 Å². The molecule has 0 aromatic carbocycles. The van der Waals surface area contributed by atoms with Crippen molar-refractivity contribution in [2.45, 2.75) is 39.6 Å². The molecular weight excluding hydrogens is 193 g/mol. The second-order valence-electron chi connectivity index (χ2n) is 5.55. The first-order chi connectivity index (χ1) is 7.02. The molecule has 0 amide bonds. The van der Waals surface area contributed by atoms with E-state index in [4.69, 9.17) is 0 Å². The molecule has 0 radical (unpaired) electrons. The van der Waals surface area contributed by atoms with Crippen molar-refractivity contribution in [3.05, 3.63) is 0 Å². The molecule has 0 aromatic rings. The third kappa shape index (κ3) is 2.04. The van der Waals surface area contributed by atoms with Crippen molar-refractivity contribution in [3.63, 3.8) is 0 Å². The van der Waals surface area contributed by atoms with Gasteiger partial charge in [-0.25, -0.2) is 4.39 Å². The van der Waals surface area contributed by atoms with Crippen molar-refractivity contribution in [1.29, 1.82) is 0 Å². The fraction of sp³-hybridized carbons (Fsp3) is 1.00. The number of hydrogen-bond acceptors (Lipinski definition) is 2. The Balaban J connectivity index is 1.90. The summed E-state index contributed by atoms with van der Waals surface area (Å²) in [7, 11) is 0. The Labute approximate surface area is 91.5 Å². The third-order valence-electron chi connectivity index (χ3n) is 4.17. The van der Waals surface area contributed by atoms with E-state index < -0.39 is 12.4 Å². The summed E-state index contributed by atoms with van der Waals surface area (Å²) >= 11 is 0. The van der Waals surface area contributed by atoms with Gasteiger partial charge in [0.1, 0.15) is 12.4 Å². The number of nitrogens with zero attached hydrogens (tertiary/aromatic N) is 1. The number of aliphatic hydroxyl groups excluding tert-OH is 1. The van der Waals surface area contributed by atoms with Crippen LogP contribution < -0.4 is 0 Å². The summed E-state index contributed by atoms with van der Waals surface area (Å²) in [5, 5.41) is 10.2. The number of rotatable bonds is 3. The van der Waals surface area contributed by atoms with E-state index in [1.165, 1.54) is 0 Å². The van der Waals surface area contributed by atoms with Crippen molar-refractivity contribution < 1.29 is 9.50 Å². The zero-order valence-electron chi connectivity index (χ0n) is 9.86. The fourth-order valence-electron chi connectivity index (χ4n) is 3.27.